The minimum atomic E-state index is -0.562. The molecule has 0 radical (unpaired) electrons. The van der Waals surface area contributed by atoms with Gasteiger partial charge in [-0.15, -0.1) is 0 Å². The van der Waals surface area contributed by atoms with Gasteiger partial charge >= 0.3 is 0 Å². The van der Waals surface area contributed by atoms with E-state index >= 15 is 0 Å². The zero-order chi connectivity index (χ0) is 12.7. The number of hydrogen-bond acceptors (Lipinski definition) is 3. The number of nitro benzene ring substituents is 1. The number of rotatable bonds is 7. The predicted octanol–water partition coefficient (Wildman–Crippen LogP) is 0.992. The molecule has 5 nitrogen and oxygen atoms in total. The number of quaternary nitrogens is 1. The van der Waals surface area contributed by atoms with Crippen molar-refractivity contribution in [1.29, 1.82) is 0 Å². The Morgan fingerprint density at radius 1 is 1.41 bits per heavy atom. The van der Waals surface area contributed by atoms with E-state index in [9.17, 15) is 15.2 Å². The van der Waals surface area contributed by atoms with Gasteiger partial charge in [0, 0.05) is 12.1 Å². The SMILES string of the molecule is CCCC[NH2+]C[C@@H](O)c1ccc([N+](=O)[O-])cc1. The fourth-order valence-corrected chi connectivity index (χ4v) is 1.58. The Morgan fingerprint density at radius 2 is 2.06 bits per heavy atom. The lowest BCUT2D eigenvalue weighted by atomic mass is 10.1. The van der Waals surface area contributed by atoms with Crippen molar-refractivity contribution in [1.82, 2.24) is 0 Å². The summed E-state index contributed by atoms with van der Waals surface area (Å²) in [5.74, 6) is 0. The van der Waals surface area contributed by atoms with E-state index in [0.717, 1.165) is 24.9 Å². The summed E-state index contributed by atoms with van der Waals surface area (Å²) in [4.78, 5) is 10.0. The van der Waals surface area contributed by atoms with Crippen molar-refractivity contribution in [3.05, 3.63) is 39.9 Å². The first-order valence-electron chi connectivity index (χ1n) is 5.89. The van der Waals surface area contributed by atoms with Crippen LogP contribution in [0.1, 0.15) is 31.4 Å². The van der Waals surface area contributed by atoms with Crippen LogP contribution >= 0.6 is 0 Å². The molecule has 0 bridgehead atoms. The molecule has 0 amide bonds. The molecule has 5 heteroatoms. The molecule has 0 aliphatic heterocycles. The van der Waals surface area contributed by atoms with Gasteiger partial charge < -0.3 is 10.4 Å². The average molecular weight is 239 g/mol. The van der Waals surface area contributed by atoms with Crippen molar-refractivity contribution in [2.75, 3.05) is 13.1 Å². The van der Waals surface area contributed by atoms with Gasteiger partial charge in [0.05, 0.1) is 11.5 Å². The van der Waals surface area contributed by atoms with E-state index in [-0.39, 0.29) is 5.69 Å². The summed E-state index contributed by atoms with van der Waals surface area (Å²) in [6, 6.07) is 6.06. The lowest BCUT2D eigenvalue weighted by Crippen LogP contribution is -2.85. The molecule has 0 fully saturated rings. The van der Waals surface area contributed by atoms with Crippen molar-refractivity contribution in [2.45, 2.75) is 25.9 Å². The van der Waals surface area contributed by atoms with Crippen LogP contribution in [-0.4, -0.2) is 23.1 Å². The number of aliphatic hydroxyl groups excluding tert-OH is 1. The molecule has 0 unspecified atom stereocenters. The van der Waals surface area contributed by atoms with Gasteiger partial charge in [0.15, 0.2) is 0 Å². The van der Waals surface area contributed by atoms with E-state index < -0.39 is 11.0 Å². The molecular formula is C12H19N2O3+. The zero-order valence-electron chi connectivity index (χ0n) is 10.0. The van der Waals surface area contributed by atoms with Gasteiger partial charge in [-0.2, -0.15) is 0 Å². The fourth-order valence-electron chi connectivity index (χ4n) is 1.58. The van der Waals surface area contributed by atoms with Crippen molar-refractivity contribution in [2.24, 2.45) is 0 Å². The summed E-state index contributed by atoms with van der Waals surface area (Å²) in [5, 5.41) is 22.4. The Labute approximate surface area is 101 Å². The number of non-ortho nitro benzene ring substituents is 1. The molecule has 1 aromatic carbocycles. The van der Waals surface area contributed by atoms with Crippen LogP contribution in [0.2, 0.25) is 0 Å². The van der Waals surface area contributed by atoms with Gasteiger partial charge in [-0.05, 0) is 24.1 Å². The quantitative estimate of drug-likeness (QED) is 0.423. The van der Waals surface area contributed by atoms with Crippen molar-refractivity contribution < 1.29 is 15.3 Å². The molecule has 0 saturated carbocycles. The summed E-state index contributed by atoms with van der Waals surface area (Å²) >= 11 is 0. The monoisotopic (exact) mass is 239 g/mol. The molecule has 3 N–H and O–H groups in total. The van der Waals surface area contributed by atoms with Crippen LogP contribution in [0.4, 0.5) is 5.69 Å². The van der Waals surface area contributed by atoms with E-state index in [2.05, 4.69) is 12.2 Å². The minimum Gasteiger partial charge on any atom is -0.382 e. The predicted molar refractivity (Wildman–Crippen MR) is 64.6 cm³/mol. The maximum Gasteiger partial charge on any atom is 0.269 e. The maximum atomic E-state index is 10.5. The summed E-state index contributed by atoms with van der Waals surface area (Å²) < 4.78 is 0. The highest BCUT2D eigenvalue weighted by atomic mass is 16.6. The van der Waals surface area contributed by atoms with Crippen molar-refractivity contribution in [3.8, 4) is 0 Å². The molecule has 0 aliphatic rings. The topological polar surface area (TPSA) is 80.0 Å². The van der Waals surface area contributed by atoms with Crippen LogP contribution < -0.4 is 5.32 Å². The molecule has 1 rings (SSSR count). The van der Waals surface area contributed by atoms with Gasteiger partial charge in [0.1, 0.15) is 12.6 Å². The number of aliphatic hydroxyl groups is 1. The molecule has 17 heavy (non-hydrogen) atoms. The highest BCUT2D eigenvalue weighted by molar-refractivity contribution is 5.33. The van der Waals surface area contributed by atoms with E-state index in [1.165, 1.54) is 12.1 Å². The van der Waals surface area contributed by atoms with E-state index in [4.69, 9.17) is 0 Å². The summed E-state index contributed by atoms with van der Waals surface area (Å²) in [6.07, 6.45) is 1.71. The second kappa shape index (κ2) is 6.98. The van der Waals surface area contributed by atoms with Crippen LogP contribution in [0.15, 0.2) is 24.3 Å². The van der Waals surface area contributed by atoms with Gasteiger partial charge in [-0.25, -0.2) is 0 Å². The highest BCUT2D eigenvalue weighted by Gasteiger charge is 2.11. The summed E-state index contributed by atoms with van der Waals surface area (Å²) in [6.45, 7) is 3.72. The summed E-state index contributed by atoms with van der Waals surface area (Å²) in [7, 11) is 0. The number of benzene rings is 1. The fraction of sp³-hybridized carbons (Fsp3) is 0.500. The molecule has 1 atom stereocenters. The smallest absolute Gasteiger partial charge is 0.269 e. The van der Waals surface area contributed by atoms with Crippen molar-refractivity contribution in [3.63, 3.8) is 0 Å². The van der Waals surface area contributed by atoms with Gasteiger partial charge in [-0.3, -0.25) is 10.1 Å². The number of hydrogen-bond donors (Lipinski definition) is 2. The molecule has 1 aromatic rings. The zero-order valence-corrected chi connectivity index (χ0v) is 10.0. The van der Waals surface area contributed by atoms with Gasteiger partial charge in [-0.1, -0.05) is 13.3 Å². The second-order valence-electron chi connectivity index (χ2n) is 4.03. The lowest BCUT2D eigenvalue weighted by Gasteiger charge is -2.09. The van der Waals surface area contributed by atoms with Crippen LogP contribution in [0.5, 0.6) is 0 Å². The van der Waals surface area contributed by atoms with Crippen molar-refractivity contribution >= 4 is 5.69 Å². The van der Waals surface area contributed by atoms with Crippen LogP contribution in [0.25, 0.3) is 0 Å². The molecule has 0 aliphatic carbocycles. The molecule has 0 saturated heterocycles. The van der Waals surface area contributed by atoms with Crippen LogP contribution in [-0.2, 0) is 0 Å². The number of nitro groups is 1. The average Bonchev–Trinajstić information content (AvgIpc) is 2.34. The third kappa shape index (κ3) is 4.50. The Hall–Kier alpha value is -1.46. The van der Waals surface area contributed by atoms with Crippen LogP contribution in [0, 0.1) is 10.1 Å². The number of nitrogens with zero attached hydrogens (tertiary/aromatic N) is 1. The molecule has 0 spiro atoms. The van der Waals surface area contributed by atoms with Gasteiger partial charge in [0.2, 0.25) is 0 Å². The Morgan fingerprint density at radius 3 is 2.59 bits per heavy atom. The maximum absolute atomic E-state index is 10.5. The largest absolute Gasteiger partial charge is 0.382 e. The van der Waals surface area contributed by atoms with E-state index in [1.54, 1.807) is 12.1 Å². The minimum absolute atomic E-state index is 0.0518. The Kier molecular flexibility index (Phi) is 5.59. The molecule has 0 heterocycles. The number of unbranched alkanes of at least 4 members (excludes halogenated alkanes) is 1. The lowest BCUT2D eigenvalue weighted by molar-refractivity contribution is -0.662. The Bertz CT molecular complexity index is 351. The first-order chi connectivity index (χ1) is 8.15. The number of nitrogens with two attached hydrogens (primary N) is 1. The molecule has 94 valence electrons. The summed E-state index contributed by atoms with van der Waals surface area (Å²) in [5.41, 5.74) is 0.777. The normalized spacial score (nSPS) is 12.4. The third-order valence-electron chi connectivity index (χ3n) is 2.64. The molecular weight excluding hydrogens is 220 g/mol. The third-order valence-corrected chi connectivity index (χ3v) is 2.64. The first-order valence-corrected chi connectivity index (χ1v) is 5.89. The van der Waals surface area contributed by atoms with Gasteiger partial charge in [0.25, 0.3) is 5.69 Å². The first kappa shape index (κ1) is 13.6. The van der Waals surface area contributed by atoms with E-state index in [0.29, 0.717) is 6.54 Å². The Balaban J connectivity index is 2.46. The standard InChI is InChI=1S/C12H18N2O3/c1-2-3-8-13-9-12(15)10-4-6-11(7-5-10)14(16)17/h4-7,12-13,15H,2-3,8-9H2,1H3/p+1/t12-/m1/s1. The molecule has 0 aromatic heterocycles. The van der Waals surface area contributed by atoms with Crippen LogP contribution in [0.3, 0.4) is 0 Å². The van der Waals surface area contributed by atoms with E-state index in [1.807, 2.05) is 0 Å². The second-order valence-corrected chi connectivity index (χ2v) is 4.03. The highest BCUT2D eigenvalue weighted by Crippen LogP contribution is 2.16.